The van der Waals surface area contributed by atoms with Gasteiger partial charge in [0.1, 0.15) is 23.3 Å². The minimum atomic E-state index is -1.51. The molecule has 1 aromatic heterocycles. The molecule has 0 radical (unpaired) electrons. The van der Waals surface area contributed by atoms with E-state index in [4.69, 9.17) is 4.74 Å². The van der Waals surface area contributed by atoms with Gasteiger partial charge in [0.15, 0.2) is 0 Å². The molecule has 4 rings (SSSR count). The fourth-order valence-electron chi connectivity index (χ4n) is 3.60. The summed E-state index contributed by atoms with van der Waals surface area (Å²) >= 11 is 2.24. The molecule has 2 atom stereocenters. The van der Waals surface area contributed by atoms with E-state index in [-0.39, 0.29) is 36.1 Å². The van der Waals surface area contributed by atoms with Gasteiger partial charge in [0, 0.05) is 5.75 Å². The highest BCUT2D eigenvalue weighted by atomic mass is 32.2. The van der Waals surface area contributed by atoms with Crippen LogP contribution < -0.4 is 5.32 Å². The number of esters is 1. The average Bonchev–Trinajstić information content (AvgIpc) is 3.24. The SMILES string of the molecule is CCOC(=O)Cc1nc(S[C@@]2(NC(=O)Cc3ccccc3)C(=O)N3C(C(=O)O)=CCS[C@H]32)n[nH]1. The smallest absolute Gasteiger partial charge is 0.352 e. The summed E-state index contributed by atoms with van der Waals surface area (Å²) in [6.45, 7) is 1.92. The fourth-order valence-corrected chi connectivity index (χ4v) is 6.23. The first kappa shape index (κ1) is 23.8. The highest BCUT2D eigenvalue weighted by Gasteiger charge is 2.66. The number of rotatable bonds is 9. The molecule has 34 heavy (non-hydrogen) atoms. The first-order chi connectivity index (χ1) is 16.3. The first-order valence-corrected chi connectivity index (χ1v) is 12.2. The van der Waals surface area contributed by atoms with E-state index in [1.165, 1.54) is 22.7 Å². The summed E-state index contributed by atoms with van der Waals surface area (Å²) in [5.74, 6) is -2.08. The number of benzene rings is 1. The van der Waals surface area contributed by atoms with Gasteiger partial charge in [0.25, 0.3) is 5.91 Å². The molecule has 0 spiro atoms. The lowest BCUT2D eigenvalue weighted by Gasteiger charge is -2.55. The van der Waals surface area contributed by atoms with E-state index in [1.807, 2.05) is 18.2 Å². The number of aliphatic carboxylic acids is 1. The van der Waals surface area contributed by atoms with Gasteiger partial charge in [-0.1, -0.05) is 30.3 Å². The van der Waals surface area contributed by atoms with Crippen molar-refractivity contribution in [2.75, 3.05) is 12.4 Å². The van der Waals surface area contributed by atoms with Crippen LogP contribution in [0.25, 0.3) is 0 Å². The van der Waals surface area contributed by atoms with Gasteiger partial charge in [-0.2, -0.15) is 0 Å². The third-order valence-electron chi connectivity index (χ3n) is 5.04. The zero-order chi connectivity index (χ0) is 24.3. The minimum absolute atomic E-state index is 0.0392. The average molecular weight is 504 g/mol. The molecule has 1 fully saturated rings. The Balaban J connectivity index is 1.58. The van der Waals surface area contributed by atoms with Gasteiger partial charge in [-0.3, -0.25) is 24.4 Å². The Morgan fingerprint density at radius 3 is 2.79 bits per heavy atom. The van der Waals surface area contributed by atoms with E-state index >= 15 is 0 Å². The van der Waals surface area contributed by atoms with E-state index < -0.39 is 34.0 Å². The third kappa shape index (κ3) is 4.66. The Labute approximate surface area is 202 Å². The number of hydrogen-bond donors (Lipinski definition) is 3. The molecule has 0 aliphatic carbocycles. The molecule has 1 saturated heterocycles. The molecule has 1 aromatic carbocycles. The molecule has 2 aliphatic heterocycles. The van der Waals surface area contributed by atoms with E-state index in [0.29, 0.717) is 5.75 Å². The van der Waals surface area contributed by atoms with Crippen molar-refractivity contribution in [2.24, 2.45) is 0 Å². The van der Waals surface area contributed by atoms with Crippen LogP contribution >= 0.6 is 23.5 Å². The van der Waals surface area contributed by atoms with Crippen LogP contribution in [0.5, 0.6) is 0 Å². The molecule has 0 unspecified atom stereocenters. The Bertz CT molecular complexity index is 1150. The summed E-state index contributed by atoms with van der Waals surface area (Å²) in [5, 5.41) is 18.5. The van der Waals surface area contributed by atoms with Crippen molar-refractivity contribution in [3.8, 4) is 0 Å². The molecular weight excluding hydrogens is 482 g/mol. The van der Waals surface area contributed by atoms with Crippen LogP contribution in [0.4, 0.5) is 0 Å². The summed E-state index contributed by atoms with van der Waals surface area (Å²) < 4.78 is 4.90. The number of ether oxygens (including phenoxy) is 1. The zero-order valence-electron chi connectivity index (χ0n) is 18.0. The topological polar surface area (TPSA) is 155 Å². The summed E-state index contributed by atoms with van der Waals surface area (Å²) in [7, 11) is 0. The summed E-state index contributed by atoms with van der Waals surface area (Å²) in [6.07, 6.45) is 1.38. The second-order valence-electron chi connectivity index (χ2n) is 7.35. The molecule has 3 heterocycles. The van der Waals surface area contributed by atoms with Gasteiger partial charge in [-0.15, -0.1) is 16.9 Å². The second kappa shape index (κ2) is 9.89. The number of amides is 2. The Kier molecular flexibility index (Phi) is 6.93. The third-order valence-corrected chi connectivity index (χ3v) is 7.62. The van der Waals surface area contributed by atoms with Crippen LogP contribution in [0.2, 0.25) is 0 Å². The molecule has 2 aromatic rings. The van der Waals surface area contributed by atoms with Crippen LogP contribution in [0.15, 0.2) is 47.3 Å². The number of aromatic amines is 1. The molecule has 178 valence electrons. The zero-order valence-corrected chi connectivity index (χ0v) is 19.6. The molecule has 0 saturated carbocycles. The maximum atomic E-state index is 13.3. The summed E-state index contributed by atoms with van der Waals surface area (Å²) in [6, 6.07) is 9.05. The maximum Gasteiger partial charge on any atom is 0.352 e. The molecule has 2 aliphatic rings. The van der Waals surface area contributed by atoms with Crippen LogP contribution in [0, 0.1) is 0 Å². The van der Waals surface area contributed by atoms with Gasteiger partial charge in [-0.05, 0) is 30.3 Å². The largest absolute Gasteiger partial charge is 0.477 e. The number of fused-ring (bicyclic) bond motifs is 1. The van der Waals surface area contributed by atoms with E-state index in [1.54, 1.807) is 19.1 Å². The fraction of sp³-hybridized carbons (Fsp3) is 0.333. The van der Waals surface area contributed by atoms with Gasteiger partial charge < -0.3 is 15.2 Å². The summed E-state index contributed by atoms with van der Waals surface area (Å²) in [5.41, 5.74) is 0.640. The Morgan fingerprint density at radius 2 is 2.09 bits per heavy atom. The highest BCUT2D eigenvalue weighted by molar-refractivity contribution is 8.05. The van der Waals surface area contributed by atoms with Crippen molar-refractivity contribution in [3.63, 3.8) is 0 Å². The van der Waals surface area contributed by atoms with Crippen LogP contribution in [0.3, 0.4) is 0 Å². The predicted octanol–water partition coefficient (Wildman–Crippen LogP) is 0.941. The van der Waals surface area contributed by atoms with Crippen LogP contribution in [-0.4, -0.2) is 71.5 Å². The predicted molar refractivity (Wildman–Crippen MR) is 122 cm³/mol. The molecule has 3 N–H and O–H groups in total. The molecule has 13 heteroatoms. The molecule has 0 bridgehead atoms. The van der Waals surface area contributed by atoms with Crippen molar-refractivity contribution >= 4 is 47.3 Å². The number of β-lactam (4-membered cyclic amide) rings is 1. The summed E-state index contributed by atoms with van der Waals surface area (Å²) in [4.78, 5) is 53.5. The quantitative estimate of drug-likeness (QED) is 0.256. The van der Waals surface area contributed by atoms with Gasteiger partial charge >= 0.3 is 11.9 Å². The van der Waals surface area contributed by atoms with E-state index in [9.17, 15) is 24.3 Å². The lowest BCUT2D eigenvalue weighted by Crippen LogP contribution is -2.78. The standard InChI is InChI=1S/C21H21N5O6S2/c1-2-32-16(28)11-14-22-20(25-24-14)34-21(23-15(27)10-12-6-4-3-5-7-12)18(31)26-13(17(29)30)8-9-33-19(21)26/h3-8,19H,2,9-11H2,1H3,(H,23,27)(H,29,30)(H,22,24,25)/t19-,21-/m0/s1. The van der Waals surface area contributed by atoms with E-state index in [0.717, 1.165) is 17.3 Å². The number of H-pyrrole nitrogens is 1. The first-order valence-electron chi connectivity index (χ1n) is 10.3. The Morgan fingerprint density at radius 1 is 1.32 bits per heavy atom. The molecule has 11 nitrogen and oxygen atoms in total. The van der Waals surface area contributed by atoms with Gasteiger partial charge in [0.05, 0.1) is 13.0 Å². The second-order valence-corrected chi connectivity index (χ2v) is 9.68. The lowest BCUT2D eigenvalue weighted by atomic mass is 10.0. The molecular formula is C21H21N5O6S2. The number of carboxylic acids is 1. The number of nitrogens with one attached hydrogen (secondary N) is 2. The van der Waals surface area contributed by atoms with Gasteiger partial charge in [-0.25, -0.2) is 9.78 Å². The normalized spacial score (nSPS) is 21.2. The van der Waals surface area contributed by atoms with Gasteiger partial charge in [0.2, 0.25) is 15.9 Å². The number of carboxylic acid groups (broad SMARTS) is 1. The Hall–Kier alpha value is -3.32. The van der Waals surface area contributed by atoms with Crippen LogP contribution in [0.1, 0.15) is 18.3 Å². The number of nitrogens with zero attached hydrogens (tertiary/aromatic N) is 3. The van der Waals surface area contributed by atoms with Crippen molar-refractivity contribution < 1.29 is 29.0 Å². The monoisotopic (exact) mass is 503 g/mol. The molecule has 2 amide bonds. The number of hydrogen-bond acceptors (Lipinski definition) is 9. The number of carbonyl (C=O) groups is 4. The highest BCUT2D eigenvalue weighted by Crippen LogP contribution is 2.51. The number of carbonyl (C=O) groups excluding carboxylic acids is 3. The number of aromatic nitrogens is 3. The number of thioether (sulfide) groups is 2. The lowest BCUT2D eigenvalue weighted by molar-refractivity contribution is -0.152. The van der Waals surface area contributed by atoms with E-state index in [2.05, 4.69) is 20.5 Å². The maximum absolute atomic E-state index is 13.3. The van der Waals surface area contributed by atoms with Crippen molar-refractivity contribution in [1.82, 2.24) is 25.4 Å². The van der Waals surface area contributed by atoms with Crippen molar-refractivity contribution in [3.05, 3.63) is 53.5 Å². The van der Waals surface area contributed by atoms with Crippen molar-refractivity contribution in [2.45, 2.75) is 35.2 Å². The van der Waals surface area contributed by atoms with Crippen molar-refractivity contribution in [1.29, 1.82) is 0 Å². The van der Waals surface area contributed by atoms with Crippen LogP contribution in [-0.2, 0) is 36.8 Å². The minimum Gasteiger partial charge on any atom is -0.477 e.